The Kier molecular flexibility index (Phi) is 5.63. The van der Waals surface area contributed by atoms with Gasteiger partial charge in [0.05, 0.1) is 11.4 Å². The summed E-state index contributed by atoms with van der Waals surface area (Å²) >= 11 is 0. The van der Waals surface area contributed by atoms with Gasteiger partial charge in [0.25, 0.3) is 5.91 Å². The molecule has 1 N–H and O–H groups in total. The number of amides is 1. The van der Waals surface area contributed by atoms with Gasteiger partial charge in [-0.25, -0.2) is 9.48 Å². The van der Waals surface area contributed by atoms with E-state index in [4.69, 9.17) is 4.74 Å². The number of esters is 1. The van der Waals surface area contributed by atoms with Crippen molar-refractivity contribution in [2.75, 3.05) is 5.32 Å². The number of rotatable bonds is 6. The Morgan fingerprint density at radius 2 is 1.71 bits per heavy atom. The largest absolute Gasteiger partial charge is 0.448 e. The smallest absolute Gasteiger partial charge is 0.357 e. The van der Waals surface area contributed by atoms with Gasteiger partial charge in [0.15, 0.2) is 11.8 Å². The highest BCUT2D eigenvalue weighted by molar-refractivity contribution is 5.98. The van der Waals surface area contributed by atoms with E-state index in [0.717, 1.165) is 46.6 Å². The summed E-state index contributed by atoms with van der Waals surface area (Å²) in [4.78, 5) is 25.7. The van der Waals surface area contributed by atoms with Gasteiger partial charge in [-0.2, -0.15) is 5.10 Å². The molecule has 1 fully saturated rings. The maximum Gasteiger partial charge on any atom is 0.357 e. The predicted molar refractivity (Wildman–Crippen MR) is 120 cm³/mol. The fourth-order valence-electron chi connectivity index (χ4n) is 3.77. The summed E-state index contributed by atoms with van der Waals surface area (Å²) in [7, 11) is 0. The molecule has 6 heteroatoms. The predicted octanol–water partition coefficient (Wildman–Crippen LogP) is 4.86. The first kappa shape index (κ1) is 20.8. The topological polar surface area (TPSA) is 73.2 Å². The van der Waals surface area contributed by atoms with Crippen LogP contribution in [0.4, 0.5) is 5.69 Å². The summed E-state index contributed by atoms with van der Waals surface area (Å²) in [5.74, 6) is -0.537. The molecule has 1 amide bonds. The van der Waals surface area contributed by atoms with Crippen LogP contribution >= 0.6 is 0 Å². The third-order valence-corrected chi connectivity index (χ3v) is 5.51. The second-order valence-corrected chi connectivity index (χ2v) is 8.29. The number of nitrogens with one attached hydrogen (secondary N) is 1. The molecule has 3 aromatic rings. The highest BCUT2D eigenvalue weighted by atomic mass is 16.5. The van der Waals surface area contributed by atoms with E-state index in [1.54, 1.807) is 17.7 Å². The standard InChI is InChI=1S/C25H27N3O3/c1-15-12-16(2)23(17(3)13-15)26-24(29)18(4)31-25(30)22-14-21(19-10-11-19)27-28(22)20-8-6-5-7-9-20/h5-9,12-14,18-19H,10-11H2,1-4H3,(H,26,29)/t18-/m0/s1. The van der Waals surface area contributed by atoms with Crippen molar-refractivity contribution in [2.45, 2.75) is 52.6 Å². The van der Waals surface area contributed by atoms with Crippen molar-refractivity contribution in [3.05, 3.63) is 76.6 Å². The molecule has 31 heavy (non-hydrogen) atoms. The average molecular weight is 418 g/mol. The van der Waals surface area contributed by atoms with Gasteiger partial charge in [-0.05, 0) is 69.9 Å². The van der Waals surface area contributed by atoms with Gasteiger partial charge >= 0.3 is 5.97 Å². The second-order valence-electron chi connectivity index (χ2n) is 8.29. The summed E-state index contributed by atoms with van der Waals surface area (Å²) < 4.78 is 7.14. The molecular weight excluding hydrogens is 390 g/mol. The van der Waals surface area contributed by atoms with E-state index in [1.165, 1.54) is 0 Å². The molecule has 1 saturated carbocycles. The SMILES string of the molecule is Cc1cc(C)c(NC(=O)[C@H](C)OC(=O)c2cc(C3CC3)nn2-c2ccccc2)c(C)c1. The van der Waals surface area contributed by atoms with Gasteiger partial charge in [0.2, 0.25) is 0 Å². The first-order chi connectivity index (χ1) is 14.8. The molecule has 1 heterocycles. The van der Waals surface area contributed by atoms with Gasteiger partial charge in [-0.15, -0.1) is 0 Å². The van der Waals surface area contributed by atoms with Crippen LogP contribution in [0.3, 0.4) is 0 Å². The first-order valence-corrected chi connectivity index (χ1v) is 10.6. The number of carbonyl (C=O) groups excluding carboxylic acids is 2. The van der Waals surface area contributed by atoms with Crippen LogP contribution in [0.2, 0.25) is 0 Å². The van der Waals surface area contributed by atoms with E-state index in [2.05, 4.69) is 10.4 Å². The molecule has 6 nitrogen and oxygen atoms in total. The van der Waals surface area contributed by atoms with Gasteiger partial charge < -0.3 is 10.1 Å². The van der Waals surface area contributed by atoms with Crippen molar-refractivity contribution >= 4 is 17.6 Å². The molecule has 160 valence electrons. The number of aryl methyl sites for hydroxylation is 3. The molecule has 4 rings (SSSR count). The monoisotopic (exact) mass is 417 g/mol. The lowest BCUT2D eigenvalue weighted by molar-refractivity contribution is -0.123. The summed E-state index contributed by atoms with van der Waals surface area (Å²) in [5.41, 5.74) is 5.83. The Bertz CT molecular complexity index is 1110. The van der Waals surface area contributed by atoms with Crippen molar-refractivity contribution in [3.8, 4) is 5.69 Å². The van der Waals surface area contributed by atoms with Crippen molar-refractivity contribution in [2.24, 2.45) is 0 Å². The zero-order chi connectivity index (χ0) is 22.1. The molecule has 1 aromatic heterocycles. The molecule has 1 aliphatic carbocycles. The molecule has 2 aromatic carbocycles. The minimum Gasteiger partial charge on any atom is -0.448 e. The third kappa shape index (κ3) is 4.53. The Morgan fingerprint density at radius 1 is 1.06 bits per heavy atom. The molecular formula is C25H27N3O3. The van der Waals surface area contributed by atoms with Crippen molar-refractivity contribution in [3.63, 3.8) is 0 Å². The molecule has 0 aliphatic heterocycles. The van der Waals surface area contributed by atoms with Gasteiger partial charge in [0.1, 0.15) is 0 Å². The number of ether oxygens (including phenoxy) is 1. The zero-order valence-electron chi connectivity index (χ0n) is 18.3. The van der Waals surface area contributed by atoms with Gasteiger partial charge in [-0.1, -0.05) is 35.9 Å². The first-order valence-electron chi connectivity index (χ1n) is 10.6. The number of hydrogen-bond acceptors (Lipinski definition) is 4. The molecule has 0 saturated heterocycles. The van der Waals surface area contributed by atoms with Crippen LogP contribution in [0, 0.1) is 20.8 Å². The normalized spacial score (nSPS) is 14.2. The highest BCUT2D eigenvalue weighted by Gasteiger charge is 2.30. The van der Waals surface area contributed by atoms with E-state index in [1.807, 2.05) is 63.2 Å². The van der Waals surface area contributed by atoms with Crippen molar-refractivity contribution < 1.29 is 14.3 Å². The summed E-state index contributed by atoms with van der Waals surface area (Å²) in [6.07, 6.45) is 1.21. The lowest BCUT2D eigenvalue weighted by Crippen LogP contribution is -2.31. The number of carbonyl (C=O) groups is 2. The fraction of sp³-hybridized carbons (Fsp3) is 0.320. The van der Waals surface area contributed by atoms with Gasteiger partial charge in [-0.3, -0.25) is 4.79 Å². The van der Waals surface area contributed by atoms with Crippen LogP contribution in [0.1, 0.15) is 58.6 Å². The molecule has 0 radical (unpaired) electrons. The molecule has 0 unspecified atom stereocenters. The number of benzene rings is 2. The van der Waals surface area contributed by atoms with Crippen LogP contribution < -0.4 is 5.32 Å². The van der Waals surface area contributed by atoms with Crippen molar-refractivity contribution in [1.82, 2.24) is 9.78 Å². The average Bonchev–Trinajstić information content (AvgIpc) is 3.49. The van der Waals surface area contributed by atoms with E-state index in [-0.39, 0.29) is 5.91 Å². The van der Waals surface area contributed by atoms with Crippen LogP contribution in [0.25, 0.3) is 5.69 Å². The summed E-state index contributed by atoms with van der Waals surface area (Å²) in [5, 5.41) is 7.53. The quantitative estimate of drug-likeness (QED) is 0.582. The number of anilines is 1. The lowest BCUT2D eigenvalue weighted by atomic mass is 10.0. The minimum absolute atomic E-state index is 0.329. The molecule has 1 atom stereocenters. The number of hydrogen-bond donors (Lipinski definition) is 1. The Balaban J connectivity index is 1.52. The summed E-state index contributed by atoms with van der Waals surface area (Å²) in [6.45, 7) is 7.49. The molecule has 0 spiro atoms. The molecule has 1 aliphatic rings. The number of nitrogens with zero attached hydrogens (tertiary/aromatic N) is 2. The molecule has 0 bridgehead atoms. The van der Waals surface area contributed by atoms with Crippen LogP contribution in [0.15, 0.2) is 48.5 Å². The van der Waals surface area contributed by atoms with E-state index < -0.39 is 12.1 Å². The van der Waals surface area contributed by atoms with Crippen LogP contribution in [-0.2, 0) is 9.53 Å². The third-order valence-electron chi connectivity index (χ3n) is 5.51. The van der Waals surface area contributed by atoms with Crippen LogP contribution in [0.5, 0.6) is 0 Å². The minimum atomic E-state index is -0.948. The van der Waals surface area contributed by atoms with E-state index in [9.17, 15) is 9.59 Å². The lowest BCUT2D eigenvalue weighted by Gasteiger charge is -2.17. The Labute approximate surface area is 182 Å². The van der Waals surface area contributed by atoms with Crippen LogP contribution in [-0.4, -0.2) is 27.8 Å². The number of para-hydroxylation sites is 1. The maximum absolute atomic E-state index is 13.0. The Morgan fingerprint density at radius 3 is 2.32 bits per heavy atom. The highest BCUT2D eigenvalue weighted by Crippen LogP contribution is 2.39. The van der Waals surface area contributed by atoms with Gasteiger partial charge in [0, 0.05) is 11.6 Å². The van der Waals surface area contributed by atoms with E-state index >= 15 is 0 Å². The van der Waals surface area contributed by atoms with Crippen molar-refractivity contribution in [1.29, 1.82) is 0 Å². The fourth-order valence-corrected chi connectivity index (χ4v) is 3.77. The Hall–Kier alpha value is -3.41. The second kappa shape index (κ2) is 8.38. The number of aromatic nitrogens is 2. The van der Waals surface area contributed by atoms with E-state index in [0.29, 0.717) is 11.6 Å². The summed E-state index contributed by atoms with van der Waals surface area (Å²) in [6, 6.07) is 15.3. The zero-order valence-corrected chi connectivity index (χ0v) is 18.3. The maximum atomic E-state index is 13.0.